The van der Waals surface area contributed by atoms with Crippen LogP contribution in [-0.2, 0) is 4.74 Å². The molecule has 2 amide bonds. The lowest BCUT2D eigenvalue weighted by atomic mass is 9.95. The van der Waals surface area contributed by atoms with Gasteiger partial charge in [-0.2, -0.15) is 10.2 Å². The molecular formula is C16H24N6O2. The highest BCUT2D eigenvalue weighted by atomic mass is 16.5. The van der Waals surface area contributed by atoms with Gasteiger partial charge in [0.1, 0.15) is 0 Å². The summed E-state index contributed by atoms with van der Waals surface area (Å²) < 4.78 is 6.92. The average Bonchev–Trinajstić information content (AvgIpc) is 3.27. The predicted octanol–water partition coefficient (Wildman–Crippen LogP) is 2.23. The number of hydrogen-bond acceptors (Lipinski definition) is 4. The van der Waals surface area contributed by atoms with Crippen LogP contribution in [0, 0.1) is 0 Å². The largest absolute Gasteiger partial charge is 0.382 e. The van der Waals surface area contributed by atoms with Crippen LogP contribution in [0.2, 0.25) is 0 Å². The summed E-state index contributed by atoms with van der Waals surface area (Å²) in [5.74, 6) is 0.873. The molecule has 3 heterocycles. The molecule has 0 saturated carbocycles. The predicted molar refractivity (Wildman–Crippen MR) is 90.0 cm³/mol. The number of likely N-dealkylation sites (tertiary alicyclic amines) is 1. The summed E-state index contributed by atoms with van der Waals surface area (Å²) in [4.78, 5) is 14.3. The zero-order valence-electron chi connectivity index (χ0n) is 14.1. The molecule has 1 fully saturated rings. The second-order valence-electron chi connectivity index (χ2n) is 6.21. The fourth-order valence-corrected chi connectivity index (χ4v) is 3.07. The molecule has 3 rings (SSSR count). The minimum atomic E-state index is -0.108. The average molecular weight is 332 g/mol. The molecule has 1 aliphatic heterocycles. The monoisotopic (exact) mass is 332 g/mol. The van der Waals surface area contributed by atoms with Gasteiger partial charge in [0.2, 0.25) is 0 Å². The van der Waals surface area contributed by atoms with Gasteiger partial charge < -0.3 is 9.64 Å². The molecule has 2 aromatic heterocycles. The Hall–Kier alpha value is -2.35. The number of urea groups is 1. The van der Waals surface area contributed by atoms with Gasteiger partial charge >= 0.3 is 6.03 Å². The molecule has 2 unspecified atom stereocenters. The third-order valence-electron chi connectivity index (χ3n) is 4.37. The Bertz CT molecular complexity index is 653. The van der Waals surface area contributed by atoms with E-state index in [1.807, 2.05) is 24.1 Å². The Morgan fingerprint density at radius 2 is 2.42 bits per heavy atom. The molecule has 0 spiro atoms. The van der Waals surface area contributed by atoms with E-state index in [0.29, 0.717) is 24.9 Å². The summed E-state index contributed by atoms with van der Waals surface area (Å²) in [5, 5.41) is 14.3. The lowest BCUT2D eigenvalue weighted by Crippen LogP contribution is -2.41. The van der Waals surface area contributed by atoms with Crippen LogP contribution < -0.4 is 5.32 Å². The second kappa shape index (κ2) is 7.48. The third kappa shape index (κ3) is 3.76. The molecule has 2 N–H and O–H groups in total. The number of aromatic nitrogens is 4. The topological polar surface area (TPSA) is 88.1 Å². The second-order valence-corrected chi connectivity index (χ2v) is 6.21. The third-order valence-corrected chi connectivity index (χ3v) is 4.37. The van der Waals surface area contributed by atoms with Crippen LogP contribution in [0.1, 0.15) is 37.4 Å². The van der Waals surface area contributed by atoms with Gasteiger partial charge in [0.05, 0.1) is 12.6 Å². The Labute approximate surface area is 141 Å². The quantitative estimate of drug-likeness (QED) is 0.879. The van der Waals surface area contributed by atoms with Crippen molar-refractivity contribution in [1.82, 2.24) is 24.9 Å². The Morgan fingerprint density at radius 3 is 3.17 bits per heavy atom. The van der Waals surface area contributed by atoms with E-state index in [0.717, 1.165) is 25.1 Å². The van der Waals surface area contributed by atoms with Crippen LogP contribution in [0.25, 0.3) is 0 Å². The van der Waals surface area contributed by atoms with Gasteiger partial charge in [-0.15, -0.1) is 0 Å². The lowest BCUT2D eigenvalue weighted by Gasteiger charge is -2.32. The molecule has 2 atom stereocenters. The van der Waals surface area contributed by atoms with Crippen LogP contribution in [0.5, 0.6) is 0 Å². The van der Waals surface area contributed by atoms with E-state index >= 15 is 0 Å². The van der Waals surface area contributed by atoms with Gasteiger partial charge in [-0.3, -0.25) is 15.1 Å². The van der Waals surface area contributed by atoms with E-state index in [9.17, 15) is 4.79 Å². The first-order chi connectivity index (χ1) is 11.7. The number of anilines is 1. The first kappa shape index (κ1) is 16.5. The number of nitrogens with zero attached hydrogens (tertiary/aromatic N) is 4. The molecule has 0 aliphatic carbocycles. The zero-order chi connectivity index (χ0) is 16.9. The number of carbonyl (C=O) groups excluding carboxylic acids is 1. The molecule has 2 aromatic rings. The first-order valence-electron chi connectivity index (χ1n) is 8.26. The lowest BCUT2D eigenvalue weighted by molar-refractivity contribution is 0.157. The van der Waals surface area contributed by atoms with Crippen molar-refractivity contribution >= 4 is 11.8 Å². The molecule has 8 heteroatoms. The number of H-pyrrole nitrogens is 1. The molecule has 0 bridgehead atoms. The maximum atomic E-state index is 12.5. The van der Waals surface area contributed by atoms with E-state index in [2.05, 4.69) is 20.6 Å². The van der Waals surface area contributed by atoms with E-state index in [4.69, 9.17) is 4.74 Å². The number of ether oxygens (including phenoxy) is 1. The molecule has 1 aliphatic rings. The number of methoxy groups -OCH3 is 1. The van der Waals surface area contributed by atoms with Crippen LogP contribution in [0.4, 0.5) is 10.6 Å². The summed E-state index contributed by atoms with van der Waals surface area (Å²) in [7, 11) is 1.66. The number of hydrogen-bond donors (Lipinski definition) is 2. The summed E-state index contributed by atoms with van der Waals surface area (Å²) in [5.41, 5.74) is 1.09. The molecule has 8 nitrogen and oxygen atoms in total. The van der Waals surface area contributed by atoms with Crippen molar-refractivity contribution in [3.8, 4) is 0 Å². The number of amides is 2. The number of piperidine rings is 1. The smallest absolute Gasteiger partial charge is 0.323 e. The minimum absolute atomic E-state index is 0.108. The van der Waals surface area contributed by atoms with Gasteiger partial charge in [0.15, 0.2) is 5.82 Å². The highest BCUT2D eigenvalue weighted by molar-refractivity contribution is 5.88. The Morgan fingerprint density at radius 1 is 1.54 bits per heavy atom. The fraction of sp³-hybridized carbons (Fsp3) is 0.562. The van der Waals surface area contributed by atoms with E-state index in [1.54, 1.807) is 24.1 Å². The van der Waals surface area contributed by atoms with Gasteiger partial charge in [-0.1, -0.05) is 0 Å². The highest BCUT2D eigenvalue weighted by Gasteiger charge is 2.26. The maximum absolute atomic E-state index is 12.5. The van der Waals surface area contributed by atoms with Crippen molar-refractivity contribution in [2.24, 2.45) is 0 Å². The van der Waals surface area contributed by atoms with Crippen molar-refractivity contribution < 1.29 is 9.53 Å². The molecule has 24 heavy (non-hydrogen) atoms. The van der Waals surface area contributed by atoms with Gasteiger partial charge in [0.25, 0.3) is 0 Å². The van der Waals surface area contributed by atoms with E-state index in [-0.39, 0.29) is 12.1 Å². The van der Waals surface area contributed by atoms with E-state index in [1.165, 1.54) is 0 Å². The fourth-order valence-electron chi connectivity index (χ4n) is 3.07. The summed E-state index contributed by atoms with van der Waals surface area (Å²) in [6.45, 7) is 4.04. The summed E-state index contributed by atoms with van der Waals surface area (Å²) >= 11 is 0. The first-order valence-corrected chi connectivity index (χ1v) is 8.26. The molecule has 130 valence electrons. The van der Waals surface area contributed by atoms with Gasteiger partial charge in [-0.05, 0) is 25.8 Å². The minimum Gasteiger partial charge on any atom is -0.382 e. The number of aromatic amines is 1. The normalized spacial score (nSPS) is 19.2. The Kier molecular flexibility index (Phi) is 5.14. The van der Waals surface area contributed by atoms with Crippen molar-refractivity contribution in [2.45, 2.75) is 31.7 Å². The molecule has 1 saturated heterocycles. The molecule has 0 aromatic carbocycles. The number of nitrogens with one attached hydrogen (secondary N) is 2. The molecular weight excluding hydrogens is 308 g/mol. The summed E-state index contributed by atoms with van der Waals surface area (Å²) in [6, 6.07) is 3.80. The zero-order valence-corrected chi connectivity index (χ0v) is 14.1. The standard InChI is InChI=1S/C16H24N6O2/c1-12(11-24-2)22-9-6-15(20-22)18-16(23)21-8-3-4-13(10-21)14-5-7-17-19-14/h5-7,9,12-13H,3-4,8,10-11H2,1-2H3,(H,17,19)(H,18,20,23). The van der Waals surface area contributed by atoms with Crippen LogP contribution in [-0.4, -0.2) is 57.7 Å². The van der Waals surface area contributed by atoms with Crippen LogP contribution in [0.15, 0.2) is 24.5 Å². The van der Waals surface area contributed by atoms with Crippen LogP contribution in [0.3, 0.4) is 0 Å². The molecule has 0 radical (unpaired) electrons. The summed E-state index contributed by atoms with van der Waals surface area (Å²) in [6.07, 6.45) is 5.65. The van der Waals surface area contributed by atoms with Gasteiger partial charge in [0, 0.05) is 50.3 Å². The number of carbonyl (C=O) groups is 1. The SMILES string of the molecule is COCC(C)n1ccc(NC(=O)N2CCCC(c3ccn[nH]3)C2)n1. The van der Waals surface area contributed by atoms with Crippen molar-refractivity contribution in [1.29, 1.82) is 0 Å². The number of rotatable bonds is 5. The van der Waals surface area contributed by atoms with Crippen molar-refractivity contribution in [3.05, 3.63) is 30.2 Å². The van der Waals surface area contributed by atoms with Crippen LogP contribution >= 0.6 is 0 Å². The van der Waals surface area contributed by atoms with Crippen molar-refractivity contribution in [2.75, 3.05) is 32.1 Å². The van der Waals surface area contributed by atoms with Gasteiger partial charge in [-0.25, -0.2) is 4.79 Å². The Balaban J connectivity index is 1.58. The van der Waals surface area contributed by atoms with Crippen molar-refractivity contribution in [3.63, 3.8) is 0 Å². The highest BCUT2D eigenvalue weighted by Crippen LogP contribution is 2.25. The van der Waals surface area contributed by atoms with E-state index < -0.39 is 0 Å². The maximum Gasteiger partial charge on any atom is 0.323 e.